The van der Waals surface area contributed by atoms with Gasteiger partial charge in [0.2, 0.25) is 5.91 Å². The van der Waals surface area contributed by atoms with E-state index in [1.807, 2.05) is 76.2 Å². The summed E-state index contributed by atoms with van der Waals surface area (Å²) < 4.78 is 11.2. The number of ether oxygens (including phenoxy) is 2. The number of carbonyl (C=O) groups is 1. The lowest BCUT2D eigenvalue weighted by Gasteiger charge is -2.28. The van der Waals surface area contributed by atoms with Crippen LogP contribution in [0.4, 0.5) is 0 Å². The summed E-state index contributed by atoms with van der Waals surface area (Å²) in [5, 5.41) is 3.10. The van der Waals surface area contributed by atoms with E-state index in [1.54, 1.807) is 7.11 Å². The number of hydrogen-bond acceptors (Lipinski definition) is 3. The number of nitrogens with one attached hydrogen (secondary N) is 1. The zero-order chi connectivity index (χ0) is 18.4. The maximum absolute atomic E-state index is 12.6. The van der Waals surface area contributed by atoms with Gasteiger partial charge in [-0.1, -0.05) is 36.4 Å². The Morgan fingerprint density at radius 2 is 1.64 bits per heavy atom. The van der Waals surface area contributed by atoms with Crippen molar-refractivity contribution in [1.29, 1.82) is 0 Å². The lowest BCUT2D eigenvalue weighted by atomic mass is 9.93. The van der Waals surface area contributed by atoms with Crippen LogP contribution in [0.3, 0.4) is 0 Å². The van der Waals surface area contributed by atoms with Gasteiger partial charge in [-0.3, -0.25) is 4.79 Å². The van der Waals surface area contributed by atoms with E-state index in [1.165, 1.54) is 0 Å². The summed E-state index contributed by atoms with van der Waals surface area (Å²) in [6.07, 6.45) is 0.329. The first-order chi connectivity index (χ1) is 11.8. The van der Waals surface area contributed by atoms with E-state index in [-0.39, 0.29) is 18.4 Å². The average molecular weight is 341 g/mol. The molecule has 2 rings (SSSR count). The Morgan fingerprint density at radius 1 is 1.04 bits per heavy atom. The molecule has 0 aromatic heterocycles. The van der Waals surface area contributed by atoms with Crippen LogP contribution in [0.2, 0.25) is 0 Å². The number of rotatable bonds is 7. The van der Waals surface area contributed by atoms with Crippen molar-refractivity contribution in [2.45, 2.75) is 45.8 Å². The Kier molecular flexibility index (Phi) is 6.07. The van der Waals surface area contributed by atoms with Gasteiger partial charge < -0.3 is 14.8 Å². The van der Waals surface area contributed by atoms with E-state index in [0.717, 1.165) is 22.6 Å². The summed E-state index contributed by atoms with van der Waals surface area (Å²) in [7, 11) is 1.64. The van der Waals surface area contributed by atoms with Crippen LogP contribution in [0, 0.1) is 0 Å². The van der Waals surface area contributed by atoms with Gasteiger partial charge in [-0.05, 0) is 39.8 Å². The number of benzene rings is 2. The molecular formula is C21H27NO3. The lowest BCUT2D eigenvalue weighted by Crippen LogP contribution is -2.42. The van der Waals surface area contributed by atoms with E-state index < -0.39 is 5.54 Å². The Morgan fingerprint density at radius 3 is 2.28 bits per heavy atom. The molecule has 0 saturated carbocycles. The SMILES string of the molecule is COc1ccccc1C(C)(C)NC(=O)Cc1ccccc1OC(C)C. The molecule has 0 bridgehead atoms. The maximum atomic E-state index is 12.6. The summed E-state index contributed by atoms with van der Waals surface area (Å²) in [4.78, 5) is 12.6. The highest BCUT2D eigenvalue weighted by molar-refractivity contribution is 5.80. The summed E-state index contributed by atoms with van der Waals surface area (Å²) in [6.45, 7) is 7.89. The van der Waals surface area contributed by atoms with Gasteiger partial charge in [0, 0.05) is 11.1 Å². The van der Waals surface area contributed by atoms with Crippen LogP contribution in [0.25, 0.3) is 0 Å². The molecule has 0 aliphatic rings. The maximum Gasteiger partial charge on any atom is 0.225 e. The zero-order valence-corrected chi connectivity index (χ0v) is 15.6. The molecule has 2 aromatic carbocycles. The first kappa shape index (κ1) is 18.8. The average Bonchev–Trinajstić information content (AvgIpc) is 2.55. The molecule has 2 aromatic rings. The van der Waals surface area contributed by atoms with Crippen LogP contribution in [0.5, 0.6) is 11.5 Å². The Balaban J connectivity index is 2.14. The molecule has 4 nitrogen and oxygen atoms in total. The van der Waals surface area contributed by atoms with E-state index >= 15 is 0 Å². The highest BCUT2D eigenvalue weighted by Gasteiger charge is 2.26. The number of amides is 1. The standard InChI is InChI=1S/C21H27NO3/c1-15(2)25-18-12-8-6-10-16(18)14-20(23)22-21(3,4)17-11-7-9-13-19(17)24-5/h6-13,15H,14H2,1-5H3,(H,22,23). The number of para-hydroxylation sites is 2. The summed E-state index contributed by atoms with van der Waals surface area (Å²) in [5.74, 6) is 1.45. The first-order valence-corrected chi connectivity index (χ1v) is 8.52. The first-order valence-electron chi connectivity index (χ1n) is 8.52. The van der Waals surface area contributed by atoms with Gasteiger partial charge in [0.05, 0.1) is 25.2 Å². The number of methoxy groups -OCH3 is 1. The third kappa shape index (κ3) is 4.99. The van der Waals surface area contributed by atoms with Crippen molar-refractivity contribution < 1.29 is 14.3 Å². The van der Waals surface area contributed by atoms with E-state index in [0.29, 0.717) is 0 Å². The molecule has 0 unspecified atom stereocenters. The minimum atomic E-state index is -0.544. The molecule has 0 spiro atoms. The van der Waals surface area contributed by atoms with Gasteiger partial charge in [-0.25, -0.2) is 0 Å². The predicted molar refractivity (Wildman–Crippen MR) is 100 cm³/mol. The Hall–Kier alpha value is -2.49. The molecular weight excluding hydrogens is 314 g/mol. The van der Waals surface area contributed by atoms with E-state index in [2.05, 4.69) is 5.32 Å². The molecule has 0 aliphatic carbocycles. The third-order valence-corrected chi connectivity index (χ3v) is 3.92. The van der Waals surface area contributed by atoms with E-state index in [9.17, 15) is 4.79 Å². The minimum Gasteiger partial charge on any atom is -0.496 e. The molecule has 0 radical (unpaired) electrons. The van der Waals surface area contributed by atoms with Crippen LogP contribution >= 0.6 is 0 Å². The Labute approximate surface area is 150 Å². The predicted octanol–water partition coefficient (Wildman–Crippen LogP) is 4.08. The quantitative estimate of drug-likeness (QED) is 0.825. The smallest absolute Gasteiger partial charge is 0.225 e. The molecule has 0 heterocycles. The molecule has 25 heavy (non-hydrogen) atoms. The molecule has 1 amide bonds. The molecule has 0 aliphatic heterocycles. The number of carbonyl (C=O) groups excluding carboxylic acids is 1. The normalized spacial score (nSPS) is 11.3. The second-order valence-corrected chi connectivity index (χ2v) is 6.82. The minimum absolute atomic E-state index is 0.0595. The van der Waals surface area contributed by atoms with Crippen molar-refractivity contribution in [3.05, 3.63) is 59.7 Å². The number of hydrogen-bond donors (Lipinski definition) is 1. The highest BCUT2D eigenvalue weighted by atomic mass is 16.5. The van der Waals surface area contributed by atoms with Gasteiger partial charge in [0.15, 0.2) is 0 Å². The van der Waals surface area contributed by atoms with Gasteiger partial charge in [0.1, 0.15) is 11.5 Å². The lowest BCUT2D eigenvalue weighted by molar-refractivity contribution is -0.122. The second kappa shape index (κ2) is 8.06. The van der Waals surface area contributed by atoms with Crippen molar-refractivity contribution in [1.82, 2.24) is 5.32 Å². The Bertz CT molecular complexity index is 723. The highest BCUT2D eigenvalue weighted by Crippen LogP contribution is 2.29. The van der Waals surface area contributed by atoms with Crippen LogP contribution in [0.15, 0.2) is 48.5 Å². The topological polar surface area (TPSA) is 47.6 Å². The monoisotopic (exact) mass is 341 g/mol. The van der Waals surface area contributed by atoms with Crippen LogP contribution in [-0.2, 0) is 16.8 Å². The van der Waals surface area contributed by atoms with Crippen LogP contribution < -0.4 is 14.8 Å². The third-order valence-electron chi connectivity index (χ3n) is 3.92. The van der Waals surface area contributed by atoms with Crippen molar-refractivity contribution in [3.63, 3.8) is 0 Å². The molecule has 134 valence electrons. The van der Waals surface area contributed by atoms with Crippen LogP contribution in [-0.4, -0.2) is 19.1 Å². The van der Waals surface area contributed by atoms with E-state index in [4.69, 9.17) is 9.47 Å². The largest absolute Gasteiger partial charge is 0.496 e. The van der Waals surface area contributed by atoms with Gasteiger partial charge in [-0.2, -0.15) is 0 Å². The molecule has 4 heteroatoms. The fraction of sp³-hybridized carbons (Fsp3) is 0.381. The zero-order valence-electron chi connectivity index (χ0n) is 15.6. The molecule has 0 atom stereocenters. The van der Waals surface area contributed by atoms with Gasteiger partial charge >= 0.3 is 0 Å². The molecule has 0 fully saturated rings. The summed E-state index contributed by atoms with van der Waals surface area (Å²) in [6, 6.07) is 15.4. The summed E-state index contributed by atoms with van der Waals surface area (Å²) >= 11 is 0. The van der Waals surface area contributed by atoms with Crippen molar-refractivity contribution in [2.24, 2.45) is 0 Å². The summed E-state index contributed by atoms with van der Waals surface area (Å²) in [5.41, 5.74) is 1.28. The fourth-order valence-electron chi connectivity index (χ4n) is 2.81. The second-order valence-electron chi connectivity index (χ2n) is 6.82. The van der Waals surface area contributed by atoms with Crippen molar-refractivity contribution >= 4 is 5.91 Å². The molecule has 1 N–H and O–H groups in total. The van der Waals surface area contributed by atoms with Gasteiger partial charge in [-0.15, -0.1) is 0 Å². The van der Waals surface area contributed by atoms with Gasteiger partial charge in [0.25, 0.3) is 0 Å². The van der Waals surface area contributed by atoms with Crippen molar-refractivity contribution in [3.8, 4) is 11.5 Å². The molecule has 0 saturated heterocycles. The fourth-order valence-corrected chi connectivity index (χ4v) is 2.81. The van der Waals surface area contributed by atoms with Crippen molar-refractivity contribution in [2.75, 3.05) is 7.11 Å². The van der Waals surface area contributed by atoms with Crippen LogP contribution in [0.1, 0.15) is 38.8 Å².